The van der Waals surface area contributed by atoms with E-state index in [-0.39, 0.29) is 24.9 Å². The molecule has 0 saturated heterocycles. The molecule has 0 radical (unpaired) electrons. The maximum Gasteiger partial charge on any atom is 0.246 e. The average Bonchev–Trinajstić information content (AvgIpc) is 2.50. The van der Waals surface area contributed by atoms with Gasteiger partial charge < -0.3 is 10.2 Å². The maximum absolute atomic E-state index is 12.5. The number of amides is 2. The standard InChI is InChI=1S/C16H23N3O2/c1-3-9-18(10-4-2)16(21)12-19-14-8-6-5-7-13(14)17-11-15(19)20/h5-8,17H,3-4,9-12H2,1-2H3. The van der Waals surface area contributed by atoms with Crippen molar-refractivity contribution in [3.05, 3.63) is 24.3 Å². The van der Waals surface area contributed by atoms with Crippen molar-refractivity contribution in [1.82, 2.24) is 4.90 Å². The summed E-state index contributed by atoms with van der Waals surface area (Å²) in [4.78, 5) is 28.0. The largest absolute Gasteiger partial charge is 0.374 e. The van der Waals surface area contributed by atoms with Gasteiger partial charge in [-0.05, 0) is 25.0 Å². The fraction of sp³-hybridized carbons (Fsp3) is 0.500. The van der Waals surface area contributed by atoms with Crippen LogP contribution in [0.2, 0.25) is 0 Å². The first-order valence-electron chi connectivity index (χ1n) is 7.58. The van der Waals surface area contributed by atoms with Gasteiger partial charge >= 0.3 is 0 Å². The van der Waals surface area contributed by atoms with Crippen LogP contribution in [-0.2, 0) is 9.59 Å². The molecular formula is C16H23N3O2. The van der Waals surface area contributed by atoms with E-state index in [0.29, 0.717) is 0 Å². The highest BCUT2D eigenvalue weighted by Crippen LogP contribution is 2.28. The molecule has 5 heteroatoms. The van der Waals surface area contributed by atoms with Crippen LogP contribution in [0, 0.1) is 0 Å². The van der Waals surface area contributed by atoms with Gasteiger partial charge in [0, 0.05) is 13.1 Å². The average molecular weight is 289 g/mol. The molecule has 0 atom stereocenters. The van der Waals surface area contributed by atoms with Crippen molar-refractivity contribution in [3.63, 3.8) is 0 Å². The zero-order valence-electron chi connectivity index (χ0n) is 12.8. The van der Waals surface area contributed by atoms with E-state index in [9.17, 15) is 9.59 Å². The van der Waals surface area contributed by atoms with Gasteiger partial charge in [-0.2, -0.15) is 0 Å². The summed E-state index contributed by atoms with van der Waals surface area (Å²) in [5.41, 5.74) is 1.69. The number of rotatable bonds is 6. The van der Waals surface area contributed by atoms with Crippen molar-refractivity contribution in [2.75, 3.05) is 36.4 Å². The Hall–Kier alpha value is -2.04. The highest BCUT2D eigenvalue weighted by atomic mass is 16.2. The molecule has 0 saturated carbocycles. The van der Waals surface area contributed by atoms with Gasteiger partial charge in [0.1, 0.15) is 6.54 Å². The Labute approximate surface area is 125 Å². The Balaban J connectivity index is 2.14. The molecule has 2 rings (SSSR count). The van der Waals surface area contributed by atoms with E-state index in [1.807, 2.05) is 29.2 Å². The van der Waals surface area contributed by atoms with Crippen molar-refractivity contribution < 1.29 is 9.59 Å². The molecule has 114 valence electrons. The van der Waals surface area contributed by atoms with Gasteiger partial charge in [0.2, 0.25) is 11.8 Å². The minimum Gasteiger partial charge on any atom is -0.374 e. The number of fused-ring (bicyclic) bond motifs is 1. The molecule has 1 N–H and O–H groups in total. The van der Waals surface area contributed by atoms with Gasteiger partial charge in [-0.25, -0.2) is 0 Å². The Bertz CT molecular complexity index is 510. The third-order valence-electron chi connectivity index (χ3n) is 3.56. The summed E-state index contributed by atoms with van der Waals surface area (Å²) in [6, 6.07) is 7.60. The minimum absolute atomic E-state index is 0.0174. The summed E-state index contributed by atoms with van der Waals surface area (Å²) in [6.07, 6.45) is 1.86. The zero-order chi connectivity index (χ0) is 15.2. The summed E-state index contributed by atoms with van der Waals surface area (Å²) >= 11 is 0. The SMILES string of the molecule is CCCN(CCC)C(=O)CN1C(=O)CNc2ccccc21. The second-order valence-corrected chi connectivity index (χ2v) is 5.23. The number of benzene rings is 1. The van der Waals surface area contributed by atoms with Gasteiger partial charge in [-0.1, -0.05) is 26.0 Å². The van der Waals surface area contributed by atoms with Crippen LogP contribution >= 0.6 is 0 Å². The summed E-state index contributed by atoms with van der Waals surface area (Å²) in [5, 5.41) is 3.08. The number of hydrogen-bond donors (Lipinski definition) is 1. The van der Waals surface area contributed by atoms with Gasteiger partial charge in [0.15, 0.2) is 0 Å². The van der Waals surface area contributed by atoms with Crippen molar-refractivity contribution in [2.45, 2.75) is 26.7 Å². The second kappa shape index (κ2) is 7.11. The molecule has 1 heterocycles. The first-order chi connectivity index (χ1) is 10.2. The highest BCUT2D eigenvalue weighted by molar-refractivity contribution is 6.05. The molecule has 1 aliphatic rings. The first-order valence-corrected chi connectivity index (χ1v) is 7.58. The van der Waals surface area contributed by atoms with Crippen LogP contribution in [0.5, 0.6) is 0 Å². The molecule has 1 aliphatic heterocycles. The number of nitrogens with one attached hydrogen (secondary N) is 1. The molecule has 0 aliphatic carbocycles. The van der Waals surface area contributed by atoms with E-state index in [2.05, 4.69) is 19.2 Å². The maximum atomic E-state index is 12.5. The first kappa shape index (κ1) is 15.4. The topological polar surface area (TPSA) is 52.7 Å². The zero-order valence-corrected chi connectivity index (χ0v) is 12.8. The van der Waals surface area contributed by atoms with E-state index in [0.717, 1.165) is 37.3 Å². The number of carbonyl (C=O) groups is 2. The molecule has 0 bridgehead atoms. The smallest absolute Gasteiger partial charge is 0.246 e. The van der Waals surface area contributed by atoms with E-state index < -0.39 is 0 Å². The monoisotopic (exact) mass is 289 g/mol. The lowest BCUT2D eigenvalue weighted by Gasteiger charge is -2.31. The molecule has 1 aromatic rings. The van der Waals surface area contributed by atoms with Crippen LogP contribution in [0.1, 0.15) is 26.7 Å². The Morgan fingerprint density at radius 1 is 1.24 bits per heavy atom. The number of nitrogens with zero attached hydrogens (tertiary/aromatic N) is 2. The lowest BCUT2D eigenvalue weighted by molar-refractivity contribution is -0.131. The Morgan fingerprint density at radius 3 is 2.57 bits per heavy atom. The molecule has 0 fully saturated rings. The van der Waals surface area contributed by atoms with Gasteiger partial charge in [0.25, 0.3) is 0 Å². The quantitative estimate of drug-likeness (QED) is 0.872. The lowest BCUT2D eigenvalue weighted by atomic mass is 10.2. The molecule has 21 heavy (non-hydrogen) atoms. The fourth-order valence-electron chi connectivity index (χ4n) is 2.57. The summed E-state index contributed by atoms with van der Waals surface area (Å²) in [7, 11) is 0. The van der Waals surface area contributed by atoms with Crippen LogP contribution in [-0.4, -0.2) is 42.9 Å². The molecular weight excluding hydrogens is 266 g/mol. The van der Waals surface area contributed by atoms with Crippen LogP contribution in [0.25, 0.3) is 0 Å². The normalized spacial score (nSPS) is 13.6. The molecule has 1 aromatic carbocycles. The van der Waals surface area contributed by atoms with Crippen molar-refractivity contribution in [3.8, 4) is 0 Å². The summed E-state index contributed by atoms with van der Waals surface area (Å²) in [6.45, 7) is 5.97. The predicted molar refractivity (Wildman–Crippen MR) is 84.4 cm³/mol. The number of hydrogen-bond acceptors (Lipinski definition) is 3. The summed E-state index contributed by atoms with van der Waals surface area (Å²) < 4.78 is 0. The van der Waals surface area contributed by atoms with Crippen LogP contribution in [0.4, 0.5) is 11.4 Å². The third kappa shape index (κ3) is 3.54. The van der Waals surface area contributed by atoms with Crippen LogP contribution in [0.15, 0.2) is 24.3 Å². The van der Waals surface area contributed by atoms with E-state index in [1.54, 1.807) is 4.90 Å². The van der Waals surface area contributed by atoms with Gasteiger partial charge in [-0.3, -0.25) is 14.5 Å². The van der Waals surface area contributed by atoms with Gasteiger partial charge in [0.05, 0.1) is 17.9 Å². The van der Waals surface area contributed by atoms with Crippen LogP contribution < -0.4 is 10.2 Å². The second-order valence-electron chi connectivity index (χ2n) is 5.23. The highest BCUT2D eigenvalue weighted by Gasteiger charge is 2.26. The number of carbonyl (C=O) groups excluding carboxylic acids is 2. The third-order valence-corrected chi connectivity index (χ3v) is 3.56. The van der Waals surface area contributed by atoms with Crippen molar-refractivity contribution in [1.29, 1.82) is 0 Å². The van der Waals surface area contributed by atoms with E-state index >= 15 is 0 Å². The minimum atomic E-state index is -0.0602. The fourth-order valence-corrected chi connectivity index (χ4v) is 2.57. The van der Waals surface area contributed by atoms with Gasteiger partial charge in [-0.15, -0.1) is 0 Å². The summed E-state index contributed by atoms with van der Waals surface area (Å²) in [5.74, 6) is -0.0428. The predicted octanol–water partition coefficient (Wildman–Crippen LogP) is 2.09. The molecule has 0 aromatic heterocycles. The van der Waals surface area contributed by atoms with E-state index in [1.165, 1.54) is 0 Å². The molecule has 0 spiro atoms. The molecule has 5 nitrogen and oxygen atoms in total. The number of anilines is 2. The Morgan fingerprint density at radius 2 is 1.90 bits per heavy atom. The van der Waals surface area contributed by atoms with Crippen LogP contribution in [0.3, 0.4) is 0 Å². The molecule has 2 amide bonds. The van der Waals surface area contributed by atoms with E-state index in [4.69, 9.17) is 0 Å². The number of para-hydroxylation sites is 2. The lowest BCUT2D eigenvalue weighted by Crippen LogP contribution is -2.47. The molecule has 0 unspecified atom stereocenters. The Kier molecular flexibility index (Phi) is 5.20. The van der Waals surface area contributed by atoms with Crippen molar-refractivity contribution in [2.24, 2.45) is 0 Å². The van der Waals surface area contributed by atoms with Crippen molar-refractivity contribution >= 4 is 23.2 Å².